The highest BCUT2D eigenvalue weighted by Gasteiger charge is 2.10. The SMILES string of the molecule is CN(C(=O)OCCCl)c1ccccc1. The Balaban J connectivity index is 2.57. The van der Waals surface area contributed by atoms with Crippen molar-refractivity contribution in [1.29, 1.82) is 0 Å². The average molecular weight is 214 g/mol. The van der Waals surface area contributed by atoms with Crippen LogP contribution < -0.4 is 4.90 Å². The number of amides is 1. The van der Waals surface area contributed by atoms with Crippen LogP contribution in [0.25, 0.3) is 0 Å². The third-order valence-corrected chi connectivity index (χ3v) is 1.87. The van der Waals surface area contributed by atoms with Gasteiger partial charge in [-0.05, 0) is 12.1 Å². The number of anilines is 1. The number of para-hydroxylation sites is 1. The number of hydrogen-bond donors (Lipinski definition) is 0. The predicted molar refractivity (Wildman–Crippen MR) is 56.9 cm³/mol. The van der Waals surface area contributed by atoms with Gasteiger partial charge in [0.05, 0.1) is 5.88 Å². The van der Waals surface area contributed by atoms with Crippen molar-refractivity contribution in [2.24, 2.45) is 0 Å². The average Bonchev–Trinajstić information content (AvgIpc) is 2.26. The van der Waals surface area contributed by atoms with Crippen molar-refractivity contribution in [1.82, 2.24) is 0 Å². The number of halogens is 1. The Morgan fingerprint density at radius 1 is 1.43 bits per heavy atom. The lowest BCUT2D eigenvalue weighted by molar-refractivity contribution is 0.162. The zero-order chi connectivity index (χ0) is 10.4. The van der Waals surface area contributed by atoms with Crippen molar-refractivity contribution in [2.45, 2.75) is 0 Å². The van der Waals surface area contributed by atoms with Gasteiger partial charge in [0.2, 0.25) is 0 Å². The van der Waals surface area contributed by atoms with Crippen LogP contribution in [0.3, 0.4) is 0 Å². The Kier molecular flexibility index (Phi) is 4.26. The molecule has 0 aromatic heterocycles. The summed E-state index contributed by atoms with van der Waals surface area (Å²) >= 11 is 5.40. The van der Waals surface area contributed by atoms with Crippen LogP contribution in [0, 0.1) is 0 Å². The molecular formula is C10H12ClNO2. The van der Waals surface area contributed by atoms with Crippen LogP contribution >= 0.6 is 11.6 Å². The maximum absolute atomic E-state index is 11.3. The molecule has 4 heteroatoms. The highest BCUT2D eigenvalue weighted by Crippen LogP contribution is 2.11. The van der Waals surface area contributed by atoms with E-state index in [0.717, 1.165) is 5.69 Å². The van der Waals surface area contributed by atoms with E-state index in [1.54, 1.807) is 7.05 Å². The number of hydrogen-bond acceptors (Lipinski definition) is 2. The molecule has 1 aromatic rings. The molecule has 1 aromatic carbocycles. The standard InChI is InChI=1S/C10H12ClNO2/c1-12(10(13)14-8-7-11)9-5-3-2-4-6-9/h2-6H,7-8H2,1H3. The summed E-state index contributed by atoms with van der Waals surface area (Å²) in [6.07, 6.45) is -0.392. The number of ether oxygens (including phenoxy) is 1. The monoisotopic (exact) mass is 213 g/mol. The van der Waals surface area contributed by atoms with Gasteiger partial charge >= 0.3 is 6.09 Å². The lowest BCUT2D eigenvalue weighted by Gasteiger charge is -2.16. The van der Waals surface area contributed by atoms with E-state index in [1.165, 1.54) is 4.90 Å². The Hall–Kier alpha value is -1.22. The molecule has 76 valence electrons. The minimum Gasteiger partial charge on any atom is -0.448 e. The fourth-order valence-corrected chi connectivity index (χ4v) is 1.06. The summed E-state index contributed by atoms with van der Waals surface area (Å²) in [6, 6.07) is 9.28. The molecule has 1 amide bonds. The van der Waals surface area contributed by atoms with Crippen molar-refractivity contribution in [2.75, 3.05) is 24.4 Å². The largest absolute Gasteiger partial charge is 0.448 e. The first-order chi connectivity index (χ1) is 6.75. The van der Waals surface area contributed by atoms with Gasteiger partial charge in [0, 0.05) is 12.7 Å². The second-order valence-corrected chi connectivity index (χ2v) is 3.08. The van der Waals surface area contributed by atoms with Crippen molar-refractivity contribution in [3.63, 3.8) is 0 Å². The molecule has 0 heterocycles. The summed E-state index contributed by atoms with van der Waals surface area (Å²) in [5.41, 5.74) is 0.798. The second kappa shape index (κ2) is 5.50. The van der Waals surface area contributed by atoms with Gasteiger partial charge in [-0.1, -0.05) is 18.2 Å². The van der Waals surface area contributed by atoms with E-state index in [0.29, 0.717) is 5.88 Å². The van der Waals surface area contributed by atoms with Crippen molar-refractivity contribution in [3.8, 4) is 0 Å². The number of benzene rings is 1. The molecule has 0 radical (unpaired) electrons. The molecule has 1 rings (SSSR count). The van der Waals surface area contributed by atoms with Gasteiger partial charge in [-0.2, -0.15) is 0 Å². The van der Waals surface area contributed by atoms with E-state index in [1.807, 2.05) is 30.3 Å². The first-order valence-corrected chi connectivity index (χ1v) is 4.80. The molecule has 14 heavy (non-hydrogen) atoms. The number of nitrogens with zero attached hydrogens (tertiary/aromatic N) is 1. The van der Waals surface area contributed by atoms with Gasteiger partial charge in [0.15, 0.2) is 0 Å². The quantitative estimate of drug-likeness (QED) is 0.722. The summed E-state index contributed by atoms with van der Waals surface area (Å²) in [6.45, 7) is 0.234. The van der Waals surface area contributed by atoms with Gasteiger partial charge < -0.3 is 4.74 Å². The lowest BCUT2D eigenvalue weighted by Crippen LogP contribution is -2.27. The molecule has 0 bridgehead atoms. The highest BCUT2D eigenvalue weighted by atomic mass is 35.5. The molecule has 0 fully saturated rings. The molecule has 0 atom stereocenters. The topological polar surface area (TPSA) is 29.5 Å². The van der Waals surface area contributed by atoms with Gasteiger partial charge in [-0.25, -0.2) is 4.79 Å². The van der Waals surface area contributed by atoms with E-state index < -0.39 is 6.09 Å². The molecular weight excluding hydrogens is 202 g/mol. The first-order valence-electron chi connectivity index (χ1n) is 4.27. The van der Waals surface area contributed by atoms with E-state index >= 15 is 0 Å². The molecule has 0 unspecified atom stereocenters. The van der Waals surface area contributed by atoms with Crippen LogP contribution in [0.1, 0.15) is 0 Å². The van der Waals surface area contributed by atoms with Gasteiger partial charge in [0.1, 0.15) is 6.61 Å². The van der Waals surface area contributed by atoms with Crippen molar-refractivity contribution in [3.05, 3.63) is 30.3 Å². The number of rotatable bonds is 3. The number of carbonyl (C=O) groups is 1. The smallest absolute Gasteiger partial charge is 0.414 e. The highest BCUT2D eigenvalue weighted by molar-refractivity contribution is 6.18. The molecule has 0 aliphatic rings. The first kappa shape index (κ1) is 10.9. The molecule has 0 aliphatic carbocycles. The summed E-state index contributed by atoms with van der Waals surface area (Å²) < 4.78 is 4.86. The summed E-state index contributed by atoms with van der Waals surface area (Å²) in [7, 11) is 1.66. The third kappa shape index (κ3) is 2.92. The Morgan fingerprint density at radius 3 is 2.64 bits per heavy atom. The van der Waals surface area contributed by atoms with Crippen LogP contribution in [0.2, 0.25) is 0 Å². The maximum atomic E-state index is 11.3. The second-order valence-electron chi connectivity index (χ2n) is 2.70. The van der Waals surface area contributed by atoms with E-state index in [9.17, 15) is 4.79 Å². The fourth-order valence-electron chi connectivity index (χ4n) is 0.980. The number of carbonyl (C=O) groups excluding carboxylic acids is 1. The summed E-state index contributed by atoms with van der Waals surface area (Å²) in [4.78, 5) is 12.8. The Morgan fingerprint density at radius 2 is 2.07 bits per heavy atom. The van der Waals surface area contributed by atoms with Crippen LogP contribution in [0.4, 0.5) is 10.5 Å². The van der Waals surface area contributed by atoms with Crippen LogP contribution in [0.5, 0.6) is 0 Å². The molecule has 0 saturated heterocycles. The third-order valence-electron chi connectivity index (χ3n) is 1.72. The minimum atomic E-state index is -0.392. The lowest BCUT2D eigenvalue weighted by atomic mass is 10.3. The maximum Gasteiger partial charge on any atom is 0.414 e. The zero-order valence-corrected chi connectivity index (χ0v) is 8.70. The number of alkyl halides is 1. The van der Waals surface area contributed by atoms with E-state index in [4.69, 9.17) is 16.3 Å². The summed E-state index contributed by atoms with van der Waals surface area (Å²) in [5.74, 6) is 0.314. The fraction of sp³-hybridized carbons (Fsp3) is 0.300. The van der Waals surface area contributed by atoms with Crippen LogP contribution in [0.15, 0.2) is 30.3 Å². The molecule has 0 aliphatic heterocycles. The molecule has 0 spiro atoms. The zero-order valence-electron chi connectivity index (χ0n) is 7.94. The van der Waals surface area contributed by atoms with E-state index in [2.05, 4.69) is 0 Å². The van der Waals surface area contributed by atoms with Crippen LogP contribution in [-0.4, -0.2) is 25.6 Å². The molecule has 0 N–H and O–H groups in total. The van der Waals surface area contributed by atoms with Crippen molar-refractivity contribution < 1.29 is 9.53 Å². The summed E-state index contributed by atoms with van der Waals surface area (Å²) in [5, 5.41) is 0. The normalized spacial score (nSPS) is 9.57. The van der Waals surface area contributed by atoms with Gasteiger partial charge in [0.25, 0.3) is 0 Å². The Labute approximate surface area is 88.2 Å². The molecule has 0 saturated carbocycles. The van der Waals surface area contributed by atoms with Gasteiger partial charge in [-0.3, -0.25) is 4.90 Å². The van der Waals surface area contributed by atoms with Crippen molar-refractivity contribution >= 4 is 23.4 Å². The molecule has 3 nitrogen and oxygen atoms in total. The Bertz CT molecular complexity index is 289. The minimum absolute atomic E-state index is 0.234. The predicted octanol–water partition coefficient (Wildman–Crippen LogP) is 2.50. The van der Waals surface area contributed by atoms with Gasteiger partial charge in [-0.15, -0.1) is 11.6 Å². The van der Waals surface area contributed by atoms with E-state index in [-0.39, 0.29) is 6.61 Å². The van der Waals surface area contributed by atoms with Crippen LogP contribution in [-0.2, 0) is 4.74 Å².